The van der Waals surface area contributed by atoms with E-state index in [1.807, 2.05) is 6.92 Å². The standard InChI is InChI=1S/C17H24O6/c1-7-22-15-13-11(23-17(3,4)16(15)19)8-10(20-5)12(9(2)18)14(13)21-6/h8,15-16,19H,7H2,1-6H3/t15-,16+/m0/s1. The molecule has 1 heterocycles. The predicted molar refractivity (Wildman–Crippen MR) is 84.6 cm³/mol. The van der Waals surface area contributed by atoms with Gasteiger partial charge in [0.2, 0.25) is 0 Å². The fourth-order valence-corrected chi connectivity index (χ4v) is 2.91. The minimum Gasteiger partial charge on any atom is -0.496 e. The van der Waals surface area contributed by atoms with Crippen LogP contribution in [0.4, 0.5) is 0 Å². The van der Waals surface area contributed by atoms with Crippen molar-refractivity contribution in [1.82, 2.24) is 0 Å². The Kier molecular flexibility index (Phi) is 4.87. The number of hydrogen-bond acceptors (Lipinski definition) is 6. The summed E-state index contributed by atoms with van der Waals surface area (Å²) in [6.07, 6.45) is -1.56. The number of fused-ring (bicyclic) bond motifs is 1. The van der Waals surface area contributed by atoms with Crippen LogP contribution in [0.15, 0.2) is 6.07 Å². The second-order valence-electron chi connectivity index (χ2n) is 5.98. The molecular weight excluding hydrogens is 300 g/mol. The van der Waals surface area contributed by atoms with Crippen molar-refractivity contribution >= 4 is 5.78 Å². The highest BCUT2D eigenvalue weighted by atomic mass is 16.5. The van der Waals surface area contributed by atoms with Gasteiger partial charge in [0.05, 0.1) is 19.8 Å². The highest BCUT2D eigenvalue weighted by molar-refractivity contribution is 6.00. The fraction of sp³-hybridized carbons (Fsp3) is 0.588. The molecule has 1 aromatic carbocycles. The molecule has 6 heteroatoms. The molecule has 0 fully saturated rings. The zero-order valence-electron chi connectivity index (χ0n) is 14.4. The van der Waals surface area contributed by atoms with Gasteiger partial charge in [0, 0.05) is 12.7 Å². The molecule has 0 unspecified atom stereocenters. The number of rotatable bonds is 5. The van der Waals surface area contributed by atoms with Crippen molar-refractivity contribution in [3.63, 3.8) is 0 Å². The van der Waals surface area contributed by atoms with Gasteiger partial charge in [-0.3, -0.25) is 4.79 Å². The van der Waals surface area contributed by atoms with Crippen LogP contribution in [-0.4, -0.2) is 43.4 Å². The minimum atomic E-state index is -0.906. The lowest BCUT2D eigenvalue weighted by atomic mass is 9.86. The SMILES string of the molecule is CCO[C@H]1c2c(cc(OC)c(C(C)=O)c2OC)OC(C)(C)[C@@H]1O. The molecule has 0 radical (unpaired) electrons. The molecule has 6 nitrogen and oxygen atoms in total. The van der Waals surface area contributed by atoms with Gasteiger partial charge in [-0.15, -0.1) is 0 Å². The maximum Gasteiger partial charge on any atom is 0.167 e. The molecule has 0 aliphatic carbocycles. The Labute approximate surface area is 136 Å². The normalized spacial score (nSPS) is 22.0. The Balaban J connectivity index is 2.78. The summed E-state index contributed by atoms with van der Waals surface area (Å²) in [5.41, 5.74) is 0.00165. The molecule has 0 bridgehead atoms. The maximum atomic E-state index is 12.1. The largest absolute Gasteiger partial charge is 0.496 e. The number of aliphatic hydroxyl groups excluding tert-OH is 1. The number of aliphatic hydroxyl groups is 1. The van der Waals surface area contributed by atoms with Crippen molar-refractivity contribution in [1.29, 1.82) is 0 Å². The van der Waals surface area contributed by atoms with E-state index >= 15 is 0 Å². The first kappa shape index (κ1) is 17.6. The number of ether oxygens (including phenoxy) is 4. The van der Waals surface area contributed by atoms with E-state index in [9.17, 15) is 9.90 Å². The lowest BCUT2D eigenvalue weighted by Crippen LogP contribution is -2.49. The number of methoxy groups -OCH3 is 2. The highest BCUT2D eigenvalue weighted by Gasteiger charge is 2.46. The van der Waals surface area contributed by atoms with E-state index in [4.69, 9.17) is 18.9 Å². The Hall–Kier alpha value is -1.79. The summed E-state index contributed by atoms with van der Waals surface area (Å²) < 4.78 is 22.5. The third kappa shape index (κ3) is 2.88. The Bertz CT molecular complexity index is 608. The first-order chi connectivity index (χ1) is 10.8. The van der Waals surface area contributed by atoms with Crippen molar-refractivity contribution < 1.29 is 28.8 Å². The molecule has 0 aromatic heterocycles. The monoisotopic (exact) mass is 324 g/mol. The van der Waals surface area contributed by atoms with E-state index in [1.165, 1.54) is 21.1 Å². The summed E-state index contributed by atoms with van der Waals surface area (Å²) in [6, 6.07) is 1.65. The molecule has 2 atom stereocenters. The molecule has 0 saturated carbocycles. The molecule has 128 valence electrons. The second-order valence-corrected chi connectivity index (χ2v) is 5.98. The number of Topliss-reactive ketones (excluding diaryl/α,β-unsaturated/α-hetero) is 1. The summed E-state index contributed by atoms with van der Waals surface area (Å²) in [7, 11) is 2.95. The molecule has 0 amide bonds. The molecule has 1 aromatic rings. The number of ketones is 1. The molecule has 1 aliphatic heterocycles. The summed E-state index contributed by atoms with van der Waals surface area (Å²) in [5, 5.41) is 10.6. The smallest absolute Gasteiger partial charge is 0.167 e. The Morgan fingerprint density at radius 3 is 2.48 bits per heavy atom. The van der Waals surface area contributed by atoms with Crippen molar-refractivity contribution in [2.24, 2.45) is 0 Å². The molecule has 0 saturated heterocycles. The van der Waals surface area contributed by atoms with E-state index < -0.39 is 17.8 Å². The quantitative estimate of drug-likeness (QED) is 0.839. The van der Waals surface area contributed by atoms with Crippen molar-refractivity contribution in [2.45, 2.75) is 45.5 Å². The summed E-state index contributed by atoms with van der Waals surface area (Å²) in [5.74, 6) is 0.976. The molecular formula is C17H24O6. The predicted octanol–water partition coefficient (Wildman–Crippen LogP) is 2.52. The Morgan fingerprint density at radius 2 is 2.00 bits per heavy atom. The molecule has 1 N–H and O–H groups in total. The zero-order valence-corrected chi connectivity index (χ0v) is 14.4. The topological polar surface area (TPSA) is 74.2 Å². The number of carbonyl (C=O) groups is 1. The summed E-state index contributed by atoms with van der Waals surface area (Å²) in [6.45, 7) is 7.25. The number of hydrogen-bond donors (Lipinski definition) is 1. The van der Waals surface area contributed by atoms with Gasteiger partial charge >= 0.3 is 0 Å². The third-order valence-corrected chi connectivity index (χ3v) is 4.02. The lowest BCUT2D eigenvalue weighted by molar-refractivity contribution is -0.133. The van der Waals surface area contributed by atoms with E-state index in [0.717, 1.165) is 0 Å². The fourth-order valence-electron chi connectivity index (χ4n) is 2.91. The van der Waals surface area contributed by atoms with E-state index in [1.54, 1.807) is 19.9 Å². The average molecular weight is 324 g/mol. The van der Waals surface area contributed by atoms with E-state index in [2.05, 4.69) is 0 Å². The average Bonchev–Trinajstić information content (AvgIpc) is 2.49. The van der Waals surface area contributed by atoms with Crippen LogP contribution in [0.3, 0.4) is 0 Å². The van der Waals surface area contributed by atoms with Crippen LogP contribution < -0.4 is 14.2 Å². The second kappa shape index (κ2) is 6.37. The van der Waals surface area contributed by atoms with Gasteiger partial charge in [-0.2, -0.15) is 0 Å². The lowest BCUT2D eigenvalue weighted by Gasteiger charge is -2.42. The molecule has 2 rings (SSSR count). The van der Waals surface area contributed by atoms with Gasteiger partial charge in [0.25, 0.3) is 0 Å². The number of benzene rings is 1. The molecule has 23 heavy (non-hydrogen) atoms. The van der Waals surface area contributed by atoms with Gasteiger partial charge < -0.3 is 24.1 Å². The van der Waals surface area contributed by atoms with Crippen LogP contribution in [0.5, 0.6) is 17.2 Å². The first-order valence-corrected chi connectivity index (χ1v) is 7.56. The van der Waals surface area contributed by atoms with E-state index in [0.29, 0.717) is 35.0 Å². The molecule has 0 spiro atoms. The Morgan fingerprint density at radius 1 is 1.35 bits per heavy atom. The van der Waals surface area contributed by atoms with Crippen molar-refractivity contribution in [3.8, 4) is 17.2 Å². The third-order valence-electron chi connectivity index (χ3n) is 4.02. The van der Waals surface area contributed by atoms with Crippen LogP contribution in [0.2, 0.25) is 0 Å². The van der Waals surface area contributed by atoms with Gasteiger partial charge in [0.1, 0.15) is 40.6 Å². The van der Waals surface area contributed by atoms with Crippen LogP contribution in [0.25, 0.3) is 0 Å². The minimum absolute atomic E-state index is 0.198. The first-order valence-electron chi connectivity index (χ1n) is 7.56. The van der Waals surface area contributed by atoms with Crippen LogP contribution in [-0.2, 0) is 4.74 Å². The van der Waals surface area contributed by atoms with Gasteiger partial charge in [0.15, 0.2) is 5.78 Å². The van der Waals surface area contributed by atoms with Crippen LogP contribution in [0.1, 0.15) is 49.7 Å². The van der Waals surface area contributed by atoms with Crippen LogP contribution in [0, 0.1) is 0 Å². The summed E-state index contributed by atoms with van der Waals surface area (Å²) in [4.78, 5) is 12.1. The molecule has 1 aliphatic rings. The maximum absolute atomic E-state index is 12.1. The van der Waals surface area contributed by atoms with Gasteiger partial charge in [-0.25, -0.2) is 0 Å². The van der Waals surface area contributed by atoms with Gasteiger partial charge in [-0.1, -0.05) is 0 Å². The van der Waals surface area contributed by atoms with Crippen LogP contribution >= 0.6 is 0 Å². The zero-order chi connectivity index (χ0) is 17.4. The number of carbonyl (C=O) groups excluding carboxylic acids is 1. The highest BCUT2D eigenvalue weighted by Crippen LogP contribution is 2.50. The van der Waals surface area contributed by atoms with E-state index in [-0.39, 0.29) is 5.78 Å². The van der Waals surface area contributed by atoms with Gasteiger partial charge in [-0.05, 0) is 27.7 Å². The van der Waals surface area contributed by atoms with Crippen molar-refractivity contribution in [2.75, 3.05) is 20.8 Å². The van der Waals surface area contributed by atoms with Crippen molar-refractivity contribution in [3.05, 3.63) is 17.2 Å². The summed E-state index contributed by atoms with van der Waals surface area (Å²) >= 11 is 0.